The lowest BCUT2D eigenvalue weighted by atomic mass is 10.1. The number of fused-ring (bicyclic) bond motifs is 1. The van der Waals surface area contributed by atoms with Gasteiger partial charge < -0.3 is 14.5 Å². The van der Waals surface area contributed by atoms with Gasteiger partial charge in [-0.05, 0) is 56.1 Å². The van der Waals surface area contributed by atoms with Crippen LogP contribution in [0.5, 0.6) is 5.75 Å². The SMILES string of the molecule is COc1ccc([C@@H](CNC(=O)CCCn2c(=O)oc3cc([N+](=O)[O-])ccc32)N2CCCC2)cc1. The second kappa shape index (κ2) is 10.5. The molecule has 1 atom stereocenters. The second-order valence-electron chi connectivity index (χ2n) is 8.37. The van der Waals surface area contributed by atoms with Gasteiger partial charge in [0.1, 0.15) is 5.75 Å². The zero-order chi connectivity index (χ0) is 24.1. The first-order chi connectivity index (χ1) is 16.5. The molecule has 34 heavy (non-hydrogen) atoms. The fourth-order valence-electron chi connectivity index (χ4n) is 4.41. The standard InChI is InChI=1S/C24H28N4O6/c1-33-19-9-6-17(7-10-19)21(26-12-2-3-13-26)16-25-23(29)5-4-14-27-20-11-8-18(28(31)32)15-22(20)34-24(27)30/h6-11,15,21H,2-5,12-14,16H2,1H3,(H,25,29)/t21-/m1/s1. The predicted octanol–water partition coefficient (Wildman–Crippen LogP) is 3.24. The third kappa shape index (κ3) is 5.28. The van der Waals surface area contributed by atoms with Gasteiger partial charge in [0.25, 0.3) is 5.69 Å². The van der Waals surface area contributed by atoms with E-state index in [1.165, 1.54) is 22.8 Å². The molecule has 1 aromatic heterocycles. The number of carbonyl (C=O) groups is 1. The highest BCUT2D eigenvalue weighted by atomic mass is 16.6. The van der Waals surface area contributed by atoms with Gasteiger partial charge in [-0.1, -0.05) is 12.1 Å². The van der Waals surface area contributed by atoms with Gasteiger partial charge >= 0.3 is 5.76 Å². The van der Waals surface area contributed by atoms with Crippen molar-refractivity contribution in [3.05, 3.63) is 68.7 Å². The molecule has 1 saturated heterocycles. The number of aryl methyl sites for hydroxylation is 1. The number of aromatic nitrogens is 1. The largest absolute Gasteiger partial charge is 0.497 e. The van der Waals surface area contributed by atoms with Crippen LogP contribution in [0.25, 0.3) is 11.1 Å². The number of methoxy groups -OCH3 is 1. The maximum absolute atomic E-state index is 12.6. The lowest BCUT2D eigenvalue weighted by Crippen LogP contribution is -2.36. The number of non-ortho nitro benzene ring substituents is 1. The molecule has 4 rings (SSSR count). The lowest BCUT2D eigenvalue weighted by Gasteiger charge is -2.28. The molecular weight excluding hydrogens is 440 g/mol. The summed E-state index contributed by atoms with van der Waals surface area (Å²) in [6.45, 7) is 2.79. The number of nitro benzene ring substituents is 1. The molecular formula is C24H28N4O6. The minimum Gasteiger partial charge on any atom is -0.497 e. The lowest BCUT2D eigenvalue weighted by molar-refractivity contribution is -0.384. The molecule has 1 aliphatic rings. The van der Waals surface area contributed by atoms with Crippen LogP contribution >= 0.6 is 0 Å². The number of hydrogen-bond acceptors (Lipinski definition) is 7. The van der Waals surface area contributed by atoms with E-state index in [1.54, 1.807) is 7.11 Å². The summed E-state index contributed by atoms with van der Waals surface area (Å²) in [5.41, 5.74) is 1.63. The smallest absolute Gasteiger partial charge is 0.419 e. The highest BCUT2D eigenvalue weighted by Crippen LogP contribution is 2.26. The number of nitro groups is 1. The van der Waals surface area contributed by atoms with Gasteiger partial charge in [0, 0.05) is 25.6 Å². The van der Waals surface area contributed by atoms with Crippen molar-refractivity contribution in [3.8, 4) is 5.75 Å². The predicted molar refractivity (Wildman–Crippen MR) is 126 cm³/mol. The van der Waals surface area contributed by atoms with Crippen LogP contribution < -0.4 is 15.8 Å². The molecule has 10 heteroatoms. The van der Waals surface area contributed by atoms with Gasteiger partial charge in [0.2, 0.25) is 5.91 Å². The minimum atomic E-state index is -0.593. The van der Waals surface area contributed by atoms with Gasteiger partial charge in [0.15, 0.2) is 5.58 Å². The van der Waals surface area contributed by atoms with E-state index < -0.39 is 10.7 Å². The van der Waals surface area contributed by atoms with Crippen molar-refractivity contribution in [2.45, 2.75) is 38.3 Å². The Hall–Kier alpha value is -3.66. The Morgan fingerprint density at radius 1 is 1.21 bits per heavy atom. The molecule has 0 spiro atoms. The summed E-state index contributed by atoms with van der Waals surface area (Å²) in [6.07, 6.45) is 2.99. The van der Waals surface area contributed by atoms with Crippen LogP contribution in [0.3, 0.4) is 0 Å². The van der Waals surface area contributed by atoms with Crippen LogP contribution in [0.1, 0.15) is 37.3 Å². The molecule has 0 radical (unpaired) electrons. The number of benzene rings is 2. The van der Waals surface area contributed by atoms with E-state index in [0.29, 0.717) is 18.5 Å². The summed E-state index contributed by atoms with van der Waals surface area (Å²) >= 11 is 0. The summed E-state index contributed by atoms with van der Waals surface area (Å²) in [7, 11) is 1.64. The molecule has 0 unspecified atom stereocenters. The van der Waals surface area contributed by atoms with E-state index in [9.17, 15) is 19.7 Å². The maximum Gasteiger partial charge on any atom is 0.419 e. The first-order valence-electron chi connectivity index (χ1n) is 11.4. The Balaban J connectivity index is 1.34. The highest BCUT2D eigenvalue weighted by Gasteiger charge is 2.24. The van der Waals surface area contributed by atoms with Crippen molar-refractivity contribution >= 4 is 22.7 Å². The molecule has 2 aromatic carbocycles. The Morgan fingerprint density at radius 2 is 1.94 bits per heavy atom. The molecule has 1 N–H and O–H groups in total. The summed E-state index contributed by atoms with van der Waals surface area (Å²) in [5, 5.41) is 14.0. The topological polar surface area (TPSA) is 120 Å². The summed E-state index contributed by atoms with van der Waals surface area (Å²) in [4.78, 5) is 37.5. The van der Waals surface area contributed by atoms with Crippen molar-refractivity contribution in [1.29, 1.82) is 0 Å². The number of rotatable bonds is 10. The van der Waals surface area contributed by atoms with Crippen molar-refractivity contribution < 1.29 is 18.9 Å². The summed E-state index contributed by atoms with van der Waals surface area (Å²) in [6, 6.07) is 12.1. The fourth-order valence-corrected chi connectivity index (χ4v) is 4.41. The van der Waals surface area contributed by atoms with E-state index in [-0.39, 0.29) is 36.2 Å². The van der Waals surface area contributed by atoms with E-state index in [4.69, 9.17) is 9.15 Å². The van der Waals surface area contributed by atoms with Gasteiger partial charge in [-0.2, -0.15) is 0 Å². The van der Waals surface area contributed by atoms with Crippen molar-refractivity contribution in [2.24, 2.45) is 0 Å². The summed E-state index contributed by atoms with van der Waals surface area (Å²) in [5.74, 6) is 0.114. The molecule has 2 heterocycles. The number of ether oxygens (including phenoxy) is 1. The van der Waals surface area contributed by atoms with Gasteiger partial charge in [0.05, 0.1) is 29.7 Å². The average Bonchev–Trinajstić information content (AvgIpc) is 3.47. The number of nitrogens with one attached hydrogen (secondary N) is 1. The third-order valence-electron chi connectivity index (χ3n) is 6.22. The van der Waals surface area contributed by atoms with E-state index in [0.717, 1.165) is 37.2 Å². The van der Waals surface area contributed by atoms with Crippen LogP contribution in [0, 0.1) is 10.1 Å². The maximum atomic E-state index is 12.6. The number of oxazole rings is 1. The van der Waals surface area contributed by atoms with Crippen molar-refractivity contribution in [3.63, 3.8) is 0 Å². The third-order valence-corrected chi connectivity index (χ3v) is 6.22. The van der Waals surface area contributed by atoms with Crippen LogP contribution in [0.2, 0.25) is 0 Å². The van der Waals surface area contributed by atoms with E-state index in [1.807, 2.05) is 24.3 Å². The first-order valence-corrected chi connectivity index (χ1v) is 11.4. The molecule has 3 aromatic rings. The Kier molecular flexibility index (Phi) is 7.27. The Morgan fingerprint density at radius 3 is 2.62 bits per heavy atom. The number of carbonyl (C=O) groups excluding carboxylic acids is 1. The van der Waals surface area contributed by atoms with E-state index in [2.05, 4.69) is 10.2 Å². The monoisotopic (exact) mass is 468 g/mol. The van der Waals surface area contributed by atoms with Crippen LogP contribution in [-0.2, 0) is 11.3 Å². The number of amides is 1. The number of likely N-dealkylation sites (tertiary alicyclic amines) is 1. The Bertz CT molecular complexity index is 1210. The second-order valence-corrected chi connectivity index (χ2v) is 8.37. The Labute approximate surface area is 196 Å². The van der Waals surface area contributed by atoms with Crippen molar-refractivity contribution in [2.75, 3.05) is 26.7 Å². The normalized spacial score (nSPS) is 14.9. The summed E-state index contributed by atoms with van der Waals surface area (Å²) < 4.78 is 11.8. The fraction of sp³-hybridized carbons (Fsp3) is 0.417. The van der Waals surface area contributed by atoms with Gasteiger partial charge in [-0.25, -0.2) is 4.79 Å². The number of hydrogen-bond donors (Lipinski definition) is 1. The van der Waals surface area contributed by atoms with Gasteiger partial charge in [-0.15, -0.1) is 0 Å². The molecule has 0 bridgehead atoms. The van der Waals surface area contributed by atoms with Crippen LogP contribution in [-0.4, -0.2) is 47.0 Å². The zero-order valence-electron chi connectivity index (χ0n) is 19.1. The molecule has 10 nitrogen and oxygen atoms in total. The average molecular weight is 469 g/mol. The zero-order valence-corrected chi connectivity index (χ0v) is 19.1. The molecule has 1 amide bonds. The molecule has 1 fully saturated rings. The highest BCUT2D eigenvalue weighted by molar-refractivity contribution is 5.76. The first kappa shape index (κ1) is 23.5. The molecule has 0 saturated carbocycles. The molecule has 1 aliphatic heterocycles. The quantitative estimate of drug-likeness (QED) is 0.358. The number of nitrogens with zero attached hydrogens (tertiary/aromatic N) is 3. The van der Waals surface area contributed by atoms with Crippen LogP contribution in [0.4, 0.5) is 5.69 Å². The van der Waals surface area contributed by atoms with E-state index >= 15 is 0 Å². The van der Waals surface area contributed by atoms with Gasteiger partial charge in [-0.3, -0.25) is 24.4 Å². The molecule has 0 aliphatic carbocycles. The minimum absolute atomic E-state index is 0.0887. The van der Waals surface area contributed by atoms with Crippen molar-refractivity contribution in [1.82, 2.24) is 14.8 Å². The molecule has 180 valence electrons. The van der Waals surface area contributed by atoms with Crippen LogP contribution in [0.15, 0.2) is 51.7 Å².